The van der Waals surface area contributed by atoms with Gasteiger partial charge in [-0.1, -0.05) is 13.3 Å². The van der Waals surface area contributed by atoms with Crippen LogP contribution < -0.4 is 9.47 Å². The molecule has 1 aliphatic heterocycles. The molecule has 2 unspecified atom stereocenters. The van der Waals surface area contributed by atoms with Gasteiger partial charge in [0.25, 0.3) is 0 Å². The lowest BCUT2D eigenvalue weighted by Crippen LogP contribution is -2.40. The fourth-order valence-electron chi connectivity index (χ4n) is 4.71. The Bertz CT molecular complexity index is 729. The first kappa shape index (κ1) is 24.9. The van der Waals surface area contributed by atoms with E-state index in [9.17, 15) is 30.7 Å². The lowest BCUT2D eigenvalue weighted by atomic mass is 9.76. The van der Waals surface area contributed by atoms with Crippen molar-refractivity contribution in [2.24, 2.45) is 17.8 Å². The van der Waals surface area contributed by atoms with Crippen LogP contribution in [0.25, 0.3) is 0 Å². The molecule has 0 radical (unpaired) electrons. The number of alkyl halides is 5. The van der Waals surface area contributed by atoms with E-state index in [1.807, 2.05) is 0 Å². The maximum Gasteiger partial charge on any atom is 0.573 e. The fourth-order valence-corrected chi connectivity index (χ4v) is 4.71. The molecule has 1 saturated heterocycles. The maximum atomic E-state index is 14.6. The number of halogens is 7. The van der Waals surface area contributed by atoms with Crippen molar-refractivity contribution in [1.82, 2.24) is 0 Å². The first-order valence-electron chi connectivity index (χ1n) is 10.9. The van der Waals surface area contributed by atoms with Crippen LogP contribution in [0, 0.1) is 29.4 Å². The van der Waals surface area contributed by atoms with Gasteiger partial charge < -0.3 is 14.2 Å². The molecule has 1 saturated carbocycles. The average Bonchev–Trinajstić information content (AvgIpc) is 2.71. The van der Waals surface area contributed by atoms with Gasteiger partial charge in [0.2, 0.25) is 5.75 Å². The van der Waals surface area contributed by atoms with Crippen molar-refractivity contribution in [3.05, 3.63) is 23.8 Å². The summed E-state index contributed by atoms with van der Waals surface area (Å²) in [6, 6.07) is 0.512. The van der Waals surface area contributed by atoms with Crippen LogP contribution >= 0.6 is 0 Å². The summed E-state index contributed by atoms with van der Waals surface area (Å²) >= 11 is 0. The molecule has 0 bridgehead atoms. The van der Waals surface area contributed by atoms with Crippen molar-refractivity contribution in [2.45, 2.75) is 76.9 Å². The molecule has 1 aliphatic carbocycles. The summed E-state index contributed by atoms with van der Waals surface area (Å²) in [5.74, 6) is -6.63. The van der Waals surface area contributed by atoms with E-state index in [0.717, 1.165) is 25.7 Å². The third-order valence-electron chi connectivity index (χ3n) is 6.32. The molecule has 2 fully saturated rings. The minimum Gasteiger partial charge on any atom is -0.432 e. The van der Waals surface area contributed by atoms with Gasteiger partial charge in [-0.25, -0.2) is 8.78 Å². The second-order valence-corrected chi connectivity index (χ2v) is 8.64. The molecule has 3 nitrogen and oxygen atoms in total. The second kappa shape index (κ2) is 10.1. The lowest BCUT2D eigenvalue weighted by molar-refractivity contribution is -0.276. The van der Waals surface area contributed by atoms with Crippen LogP contribution in [-0.2, 0) is 4.74 Å². The number of hydrogen-bond acceptors (Lipinski definition) is 3. The first-order chi connectivity index (χ1) is 15.0. The van der Waals surface area contributed by atoms with E-state index in [1.54, 1.807) is 0 Å². The molecular weight excluding hydrogens is 445 g/mol. The minimum absolute atomic E-state index is 0.0583. The topological polar surface area (TPSA) is 27.7 Å². The van der Waals surface area contributed by atoms with Crippen LogP contribution in [0.5, 0.6) is 11.5 Å². The second-order valence-electron chi connectivity index (χ2n) is 8.64. The van der Waals surface area contributed by atoms with Gasteiger partial charge in [0, 0.05) is 18.7 Å². The Balaban J connectivity index is 1.55. The van der Waals surface area contributed by atoms with Gasteiger partial charge in [-0.2, -0.15) is 8.78 Å². The van der Waals surface area contributed by atoms with E-state index in [-0.39, 0.29) is 37.0 Å². The molecule has 182 valence electrons. The molecule has 0 spiro atoms. The molecule has 32 heavy (non-hydrogen) atoms. The molecule has 0 N–H and O–H groups in total. The molecule has 1 aromatic carbocycles. The highest BCUT2D eigenvalue weighted by Gasteiger charge is 2.45. The maximum absolute atomic E-state index is 14.6. The number of hydrogen-bond donors (Lipinski definition) is 0. The van der Waals surface area contributed by atoms with Crippen molar-refractivity contribution in [3.63, 3.8) is 0 Å². The third-order valence-corrected chi connectivity index (χ3v) is 6.32. The average molecular weight is 472 g/mol. The zero-order valence-corrected chi connectivity index (χ0v) is 17.7. The van der Waals surface area contributed by atoms with E-state index in [2.05, 4.69) is 16.4 Å². The number of benzene rings is 1. The van der Waals surface area contributed by atoms with Gasteiger partial charge in [-0.15, -0.1) is 13.2 Å². The molecule has 0 amide bonds. The summed E-state index contributed by atoms with van der Waals surface area (Å²) in [6.07, 6.45) is -3.45. The van der Waals surface area contributed by atoms with Gasteiger partial charge in [0.15, 0.2) is 11.6 Å². The summed E-state index contributed by atoms with van der Waals surface area (Å²) in [6.45, 7) is 2.83. The Labute approximate surface area is 182 Å². The van der Waals surface area contributed by atoms with E-state index in [1.165, 1.54) is 0 Å². The predicted molar refractivity (Wildman–Crippen MR) is 101 cm³/mol. The summed E-state index contributed by atoms with van der Waals surface area (Å²) in [4.78, 5) is 0. The van der Waals surface area contributed by atoms with E-state index < -0.39 is 41.5 Å². The highest BCUT2D eigenvalue weighted by molar-refractivity contribution is 5.35. The number of rotatable bonds is 7. The Hall–Kier alpha value is -1.71. The quantitative estimate of drug-likeness (QED) is 0.392. The van der Waals surface area contributed by atoms with Crippen molar-refractivity contribution in [1.29, 1.82) is 0 Å². The SMILES string of the molecule is CCCC1CCC(C2CCC(C(F)(F)Oc3cc(F)c(OC(F)(F)F)c(F)c3)CC2)OC1. The van der Waals surface area contributed by atoms with Gasteiger partial charge >= 0.3 is 12.5 Å². The molecule has 10 heteroatoms. The molecular formula is C22H27F7O3. The highest BCUT2D eigenvalue weighted by atomic mass is 19.4. The zero-order valence-electron chi connectivity index (χ0n) is 17.7. The van der Waals surface area contributed by atoms with Crippen LogP contribution in [-0.4, -0.2) is 25.2 Å². The van der Waals surface area contributed by atoms with Crippen molar-refractivity contribution >= 4 is 0 Å². The standard InChI is InChI=1S/C22H27F7O3/c1-2-3-13-4-9-19(30-12-13)14-5-7-15(8-6-14)21(25,26)31-16-10-17(23)20(18(24)11-16)32-22(27,28)29/h10-11,13-15,19H,2-9,12H2,1H3. The minimum atomic E-state index is -5.33. The highest BCUT2D eigenvalue weighted by Crippen LogP contribution is 2.43. The molecule has 2 aliphatic rings. The summed E-state index contributed by atoms with van der Waals surface area (Å²) in [5, 5.41) is 0. The van der Waals surface area contributed by atoms with Crippen molar-refractivity contribution in [3.8, 4) is 11.5 Å². The zero-order chi connectivity index (χ0) is 23.5. The predicted octanol–water partition coefficient (Wildman–Crippen LogP) is 7.24. The van der Waals surface area contributed by atoms with Gasteiger partial charge in [0.1, 0.15) is 5.75 Å². The number of ether oxygens (including phenoxy) is 3. The van der Waals surface area contributed by atoms with Crippen LogP contribution in [0.3, 0.4) is 0 Å². The van der Waals surface area contributed by atoms with Crippen LogP contribution in [0.1, 0.15) is 58.3 Å². The normalized spacial score (nSPS) is 27.2. The lowest BCUT2D eigenvalue weighted by Gasteiger charge is -2.39. The van der Waals surface area contributed by atoms with Crippen molar-refractivity contribution < 1.29 is 44.9 Å². The third kappa shape index (κ3) is 6.42. The fraction of sp³-hybridized carbons (Fsp3) is 0.727. The summed E-state index contributed by atoms with van der Waals surface area (Å²) in [5.41, 5.74) is 0. The van der Waals surface area contributed by atoms with Gasteiger partial charge in [-0.05, 0) is 56.8 Å². The van der Waals surface area contributed by atoms with Crippen LogP contribution in [0.4, 0.5) is 30.7 Å². The Morgan fingerprint density at radius 1 is 0.906 bits per heavy atom. The Kier molecular flexibility index (Phi) is 7.83. The smallest absolute Gasteiger partial charge is 0.432 e. The van der Waals surface area contributed by atoms with Crippen LogP contribution in [0.2, 0.25) is 0 Å². The molecule has 0 aromatic heterocycles. The summed E-state index contributed by atoms with van der Waals surface area (Å²) in [7, 11) is 0. The molecule has 2 atom stereocenters. The summed E-state index contributed by atoms with van der Waals surface area (Å²) < 4.78 is 107. The molecule has 1 aromatic rings. The van der Waals surface area contributed by atoms with Crippen molar-refractivity contribution in [2.75, 3.05) is 6.61 Å². The van der Waals surface area contributed by atoms with E-state index in [0.29, 0.717) is 25.4 Å². The van der Waals surface area contributed by atoms with E-state index in [4.69, 9.17) is 4.74 Å². The van der Waals surface area contributed by atoms with E-state index >= 15 is 0 Å². The van der Waals surface area contributed by atoms with Gasteiger partial charge in [-0.3, -0.25) is 0 Å². The Morgan fingerprint density at radius 2 is 1.53 bits per heavy atom. The monoisotopic (exact) mass is 472 g/mol. The van der Waals surface area contributed by atoms with Gasteiger partial charge in [0.05, 0.1) is 12.0 Å². The first-order valence-corrected chi connectivity index (χ1v) is 10.9. The molecule has 1 heterocycles. The molecule has 3 rings (SSSR count). The van der Waals surface area contributed by atoms with Crippen LogP contribution in [0.15, 0.2) is 12.1 Å². The largest absolute Gasteiger partial charge is 0.573 e. The Morgan fingerprint density at radius 3 is 2.03 bits per heavy atom.